The molecule has 0 spiro atoms. The minimum Gasteiger partial charge on any atom is -0.262 e. The van der Waals surface area contributed by atoms with E-state index in [4.69, 9.17) is 0 Å². The largest absolute Gasteiger partial charge is 0.262 e. The van der Waals surface area contributed by atoms with E-state index in [-0.39, 0.29) is 4.90 Å². The fraction of sp³-hybridized carbons (Fsp3) is 0.375. The molecule has 0 aromatic carbocycles. The van der Waals surface area contributed by atoms with Crippen molar-refractivity contribution in [1.29, 1.82) is 0 Å². The third-order valence-corrected chi connectivity index (χ3v) is 4.22. The average Bonchev–Trinajstić information content (AvgIpc) is 2.18. The number of hydrogen-bond donors (Lipinski definition) is 1. The molecular weight excluding hydrogens is 395 g/mol. The predicted octanol–water partition coefficient (Wildman–Crippen LogP) is 1.95. The van der Waals surface area contributed by atoms with Crippen LogP contribution in [0, 0.1) is 0 Å². The van der Waals surface area contributed by atoms with Crippen LogP contribution in [0.2, 0.25) is 0 Å². The van der Waals surface area contributed by atoms with Gasteiger partial charge in [0.15, 0.2) is 0 Å². The summed E-state index contributed by atoms with van der Waals surface area (Å²) < 4.78 is 27.5. The summed E-state index contributed by atoms with van der Waals surface area (Å²) in [6.07, 6.45) is 3.70. The molecule has 0 aliphatic rings. The van der Waals surface area contributed by atoms with Gasteiger partial charge in [0.05, 0.1) is 0 Å². The normalized spacial score (nSPS) is 11.6. The van der Waals surface area contributed by atoms with Gasteiger partial charge in [0.2, 0.25) is 10.0 Å². The number of halogens is 2. The van der Waals surface area contributed by atoms with E-state index in [1.54, 1.807) is 6.20 Å². The van der Waals surface area contributed by atoms with Crippen molar-refractivity contribution in [3.63, 3.8) is 0 Å². The maximum Gasteiger partial charge on any atom is 0.242 e. The highest BCUT2D eigenvalue weighted by molar-refractivity contribution is 14.1. The highest BCUT2D eigenvalue weighted by Gasteiger charge is 2.13. The molecule has 1 aromatic rings. The highest BCUT2D eigenvalue weighted by atomic mass is 127. The molecule has 1 heterocycles. The van der Waals surface area contributed by atoms with Crippen LogP contribution in [0.4, 0.5) is 0 Å². The molecule has 84 valence electrons. The number of nitrogens with zero attached hydrogens (tertiary/aromatic N) is 1. The van der Waals surface area contributed by atoms with Gasteiger partial charge in [0, 0.05) is 27.8 Å². The number of alkyl halides is 1. The Bertz CT molecular complexity index is 424. The Kier molecular flexibility index (Phi) is 5.44. The van der Waals surface area contributed by atoms with Crippen molar-refractivity contribution in [2.24, 2.45) is 0 Å². The van der Waals surface area contributed by atoms with Crippen LogP contribution in [-0.2, 0) is 10.0 Å². The van der Waals surface area contributed by atoms with Gasteiger partial charge in [-0.05, 0) is 28.4 Å². The van der Waals surface area contributed by atoms with Crippen LogP contribution < -0.4 is 4.72 Å². The molecule has 0 bridgehead atoms. The monoisotopic (exact) mass is 404 g/mol. The van der Waals surface area contributed by atoms with E-state index in [0.717, 1.165) is 10.8 Å². The van der Waals surface area contributed by atoms with E-state index >= 15 is 0 Å². The second kappa shape index (κ2) is 6.12. The SMILES string of the molecule is O=S(=O)(NCCCI)c1cncc(Br)c1. The molecule has 7 heteroatoms. The summed E-state index contributed by atoms with van der Waals surface area (Å²) in [5, 5.41) is 0. The molecule has 15 heavy (non-hydrogen) atoms. The quantitative estimate of drug-likeness (QED) is 0.463. The third kappa shape index (κ3) is 4.33. The van der Waals surface area contributed by atoms with Crippen LogP contribution in [0.3, 0.4) is 0 Å². The Morgan fingerprint density at radius 2 is 2.20 bits per heavy atom. The molecule has 0 radical (unpaired) electrons. The summed E-state index contributed by atoms with van der Waals surface area (Å²) in [6, 6.07) is 1.53. The van der Waals surface area contributed by atoms with Crippen LogP contribution in [0.15, 0.2) is 27.8 Å². The molecule has 0 aliphatic heterocycles. The molecule has 0 amide bonds. The lowest BCUT2D eigenvalue weighted by atomic mass is 10.5. The van der Waals surface area contributed by atoms with Gasteiger partial charge in [-0.1, -0.05) is 22.6 Å². The van der Waals surface area contributed by atoms with Gasteiger partial charge in [-0.15, -0.1) is 0 Å². The van der Waals surface area contributed by atoms with E-state index in [1.165, 1.54) is 12.3 Å². The molecular formula is C8H10BrIN2O2S. The van der Waals surface area contributed by atoms with Crippen LogP contribution in [0.25, 0.3) is 0 Å². The van der Waals surface area contributed by atoms with Gasteiger partial charge in [0.25, 0.3) is 0 Å². The summed E-state index contributed by atoms with van der Waals surface area (Å²) >= 11 is 5.38. The number of sulfonamides is 1. The Morgan fingerprint density at radius 1 is 1.47 bits per heavy atom. The van der Waals surface area contributed by atoms with Crippen molar-refractivity contribution in [2.75, 3.05) is 11.0 Å². The molecule has 1 aromatic heterocycles. The molecule has 1 N–H and O–H groups in total. The van der Waals surface area contributed by atoms with Gasteiger partial charge in [0.1, 0.15) is 4.90 Å². The summed E-state index contributed by atoms with van der Waals surface area (Å²) in [7, 11) is -3.40. The van der Waals surface area contributed by atoms with Crippen LogP contribution in [-0.4, -0.2) is 24.4 Å². The smallest absolute Gasteiger partial charge is 0.242 e. The Hall–Kier alpha value is 0.270. The first-order chi connectivity index (χ1) is 7.06. The van der Waals surface area contributed by atoms with Gasteiger partial charge in [-0.2, -0.15) is 0 Å². The first-order valence-electron chi connectivity index (χ1n) is 4.22. The zero-order valence-corrected chi connectivity index (χ0v) is 12.3. The maximum atomic E-state index is 11.7. The molecule has 0 saturated heterocycles. The van der Waals surface area contributed by atoms with Gasteiger partial charge >= 0.3 is 0 Å². The maximum absolute atomic E-state index is 11.7. The minimum atomic E-state index is -3.40. The standard InChI is InChI=1S/C8H10BrIN2O2S/c9-7-4-8(6-11-5-7)15(13,14)12-3-1-2-10/h4-6,12H,1-3H2. The molecule has 4 nitrogen and oxygen atoms in total. The van der Waals surface area contributed by atoms with E-state index < -0.39 is 10.0 Å². The lowest BCUT2D eigenvalue weighted by Gasteiger charge is -2.05. The number of pyridine rings is 1. The Morgan fingerprint density at radius 3 is 2.80 bits per heavy atom. The first kappa shape index (κ1) is 13.3. The topological polar surface area (TPSA) is 59.1 Å². The molecule has 0 saturated carbocycles. The number of nitrogens with one attached hydrogen (secondary N) is 1. The highest BCUT2D eigenvalue weighted by Crippen LogP contribution is 2.13. The first-order valence-corrected chi connectivity index (χ1v) is 8.02. The van der Waals surface area contributed by atoms with Crippen LogP contribution in [0.1, 0.15) is 6.42 Å². The summed E-state index contributed by atoms with van der Waals surface area (Å²) in [5.74, 6) is 0. The van der Waals surface area contributed by atoms with Crippen molar-refractivity contribution in [2.45, 2.75) is 11.3 Å². The molecule has 0 fully saturated rings. The van der Waals surface area contributed by atoms with Crippen molar-refractivity contribution in [3.8, 4) is 0 Å². The van der Waals surface area contributed by atoms with Gasteiger partial charge in [-0.25, -0.2) is 13.1 Å². The number of rotatable bonds is 5. The fourth-order valence-electron chi connectivity index (χ4n) is 0.896. The predicted molar refractivity (Wildman–Crippen MR) is 70.6 cm³/mol. The van der Waals surface area contributed by atoms with E-state index in [2.05, 4.69) is 48.2 Å². The average molecular weight is 405 g/mol. The second-order valence-electron chi connectivity index (χ2n) is 2.78. The van der Waals surface area contributed by atoms with Crippen LogP contribution >= 0.6 is 38.5 Å². The van der Waals surface area contributed by atoms with Gasteiger partial charge in [-0.3, -0.25) is 4.98 Å². The Balaban J connectivity index is 2.77. The van der Waals surface area contributed by atoms with Crippen molar-refractivity contribution < 1.29 is 8.42 Å². The second-order valence-corrected chi connectivity index (χ2v) is 6.54. The van der Waals surface area contributed by atoms with Crippen molar-refractivity contribution in [1.82, 2.24) is 9.71 Å². The third-order valence-electron chi connectivity index (χ3n) is 1.59. The molecule has 0 atom stereocenters. The Labute approximate surface area is 111 Å². The summed E-state index contributed by atoms with van der Waals surface area (Å²) in [4.78, 5) is 4.00. The summed E-state index contributed by atoms with van der Waals surface area (Å²) in [6.45, 7) is 0.456. The van der Waals surface area contributed by atoms with Crippen molar-refractivity contribution in [3.05, 3.63) is 22.9 Å². The number of hydrogen-bond acceptors (Lipinski definition) is 3. The zero-order chi connectivity index (χ0) is 11.3. The van der Waals surface area contributed by atoms with Gasteiger partial charge < -0.3 is 0 Å². The molecule has 1 rings (SSSR count). The minimum absolute atomic E-state index is 0.185. The fourth-order valence-corrected chi connectivity index (χ4v) is 2.86. The zero-order valence-electron chi connectivity index (χ0n) is 7.78. The van der Waals surface area contributed by atoms with Crippen molar-refractivity contribution >= 4 is 48.5 Å². The van der Waals surface area contributed by atoms with E-state index in [0.29, 0.717) is 11.0 Å². The number of aromatic nitrogens is 1. The van der Waals surface area contributed by atoms with E-state index in [9.17, 15) is 8.42 Å². The lowest BCUT2D eigenvalue weighted by molar-refractivity contribution is 0.580. The molecule has 0 unspecified atom stereocenters. The molecule has 0 aliphatic carbocycles. The van der Waals surface area contributed by atoms with E-state index in [1.807, 2.05) is 0 Å². The lowest BCUT2D eigenvalue weighted by Crippen LogP contribution is -2.25. The van der Waals surface area contributed by atoms with Crippen LogP contribution in [0.5, 0.6) is 0 Å². The summed E-state index contributed by atoms with van der Waals surface area (Å²) in [5.41, 5.74) is 0.